The van der Waals surface area contributed by atoms with Crippen LogP contribution < -0.4 is 4.90 Å². The predicted molar refractivity (Wildman–Crippen MR) is 247 cm³/mol. The second kappa shape index (κ2) is 14.1. The van der Waals surface area contributed by atoms with Crippen LogP contribution in [0.2, 0.25) is 0 Å². The molecule has 0 spiro atoms. The zero-order valence-electron chi connectivity index (χ0n) is 31.8. The molecule has 0 saturated carbocycles. The molecular weight excluding hydrogens is 701 g/mol. The maximum Gasteiger partial charge on any atom is 0.0541 e. The van der Waals surface area contributed by atoms with Crippen molar-refractivity contribution >= 4 is 60.4 Å². The van der Waals surface area contributed by atoms with Gasteiger partial charge in [-0.2, -0.15) is 0 Å². The van der Waals surface area contributed by atoms with Crippen molar-refractivity contribution in [2.45, 2.75) is 0 Å². The van der Waals surface area contributed by atoms with E-state index in [0.29, 0.717) is 0 Å². The van der Waals surface area contributed by atoms with Crippen LogP contribution in [0, 0.1) is 0 Å². The number of anilines is 3. The summed E-state index contributed by atoms with van der Waals surface area (Å²) in [6.07, 6.45) is 0. The fourth-order valence-corrected chi connectivity index (χ4v) is 8.90. The highest BCUT2D eigenvalue weighted by atomic mass is 15.1. The van der Waals surface area contributed by atoms with E-state index < -0.39 is 0 Å². The highest BCUT2D eigenvalue weighted by Gasteiger charge is 2.17. The molecule has 1 aromatic heterocycles. The molecule has 11 rings (SSSR count). The predicted octanol–water partition coefficient (Wildman–Crippen LogP) is 15.6. The SMILES string of the molecule is c1ccc(-c2cccc3cccc(-c4ccc(N(c5ccc(-c6cccc7ccccc67)cc5)c5ccc(-n6c7ccccc7c7ccccc76)cc5)cc4)c23)cc1. The van der Waals surface area contributed by atoms with Crippen LogP contribution in [-0.4, -0.2) is 4.57 Å². The highest BCUT2D eigenvalue weighted by molar-refractivity contribution is 6.09. The van der Waals surface area contributed by atoms with Crippen LogP contribution in [0.25, 0.3) is 82.4 Å². The van der Waals surface area contributed by atoms with Crippen molar-refractivity contribution in [2.24, 2.45) is 0 Å². The summed E-state index contributed by atoms with van der Waals surface area (Å²) in [5.41, 5.74) is 14.1. The second-order valence-electron chi connectivity index (χ2n) is 14.9. The van der Waals surface area contributed by atoms with Crippen molar-refractivity contribution in [2.75, 3.05) is 4.90 Å². The molecule has 0 fully saturated rings. The zero-order valence-corrected chi connectivity index (χ0v) is 31.8. The van der Waals surface area contributed by atoms with E-state index in [9.17, 15) is 0 Å². The standard InChI is InChI=1S/C56H38N2/c1-2-13-40(14-3-1)50-23-11-17-43-18-12-24-51(56(43)50)42-29-33-45(34-30-42)57(44-31-27-41(28-32-44)49-22-10-16-39-15-4-5-19-48(39)49)46-35-37-47(38-36-46)58-54-25-8-6-20-52(54)53-21-7-9-26-55(53)58/h1-38H. The molecule has 272 valence electrons. The number of rotatable bonds is 7. The molecule has 0 aliphatic rings. The topological polar surface area (TPSA) is 8.17 Å². The van der Waals surface area contributed by atoms with Crippen LogP contribution >= 0.6 is 0 Å². The van der Waals surface area contributed by atoms with Crippen LogP contribution in [0.1, 0.15) is 0 Å². The molecular formula is C56H38N2. The number of fused-ring (bicyclic) bond motifs is 5. The molecule has 0 atom stereocenters. The van der Waals surface area contributed by atoms with E-state index in [1.165, 1.54) is 76.7 Å². The lowest BCUT2D eigenvalue weighted by atomic mass is 9.91. The molecule has 58 heavy (non-hydrogen) atoms. The zero-order chi connectivity index (χ0) is 38.4. The molecule has 2 nitrogen and oxygen atoms in total. The molecule has 0 aliphatic carbocycles. The maximum atomic E-state index is 2.38. The fourth-order valence-electron chi connectivity index (χ4n) is 8.90. The van der Waals surface area contributed by atoms with Gasteiger partial charge in [-0.3, -0.25) is 0 Å². The van der Waals surface area contributed by atoms with Gasteiger partial charge in [0.25, 0.3) is 0 Å². The summed E-state index contributed by atoms with van der Waals surface area (Å²) in [7, 11) is 0. The summed E-state index contributed by atoms with van der Waals surface area (Å²) in [6.45, 7) is 0. The number of para-hydroxylation sites is 2. The summed E-state index contributed by atoms with van der Waals surface area (Å²) in [6, 6.07) is 83.6. The van der Waals surface area contributed by atoms with Gasteiger partial charge in [-0.15, -0.1) is 0 Å². The van der Waals surface area contributed by atoms with Crippen molar-refractivity contribution < 1.29 is 0 Å². The van der Waals surface area contributed by atoms with Crippen molar-refractivity contribution in [3.8, 4) is 39.1 Å². The number of aromatic nitrogens is 1. The second-order valence-corrected chi connectivity index (χ2v) is 14.9. The van der Waals surface area contributed by atoms with E-state index in [0.717, 1.165) is 22.7 Å². The molecule has 0 aliphatic heterocycles. The maximum absolute atomic E-state index is 2.38. The summed E-state index contributed by atoms with van der Waals surface area (Å²) < 4.78 is 2.38. The molecule has 0 N–H and O–H groups in total. The molecule has 0 amide bonds. The van der Waals surface area contributed by atoms with Gasteiger partial charge in [-0.05, 0) is 116 Å². The van der Waals surface area contributed by atoms with Gasteiger partial charge in [0.1, 0.15) is 0 Å². The minimum Gasteiger partial charge on any atom is -0.311 e. The number of hydrogen-bond acceptors (Lipinski definition) is 1. The van der Waals surface area contributed by atoms with E-state index in [1.54, 1.807) is 0 Å². The Morgan fingerprint density at radius 2 is 0.690 bits per heavy atom. The monoisotopic (exact) mass is 738 g/mol. The summed E-state index contributed by atoms with van der Waals surface area (Å²) in [4.78, 5) is 2.37. The van der Waals surface area contributed by atoms with Crippen molar-refractivity contribution in [3.63, 3.8) is 0 Å². The first-order valence-corrected chi connectivity index (χ1v) is 19.9. The van der Waals surface area contributed by atoms with Crippen molar-refractivity contribution in [1.82, 2.24) is 4.57 Å². The Morgan fingerprint density at radius 3 is 1.28 bits per heavy atom. The van der Waals surface area contributed by atoms with Crippen molar-refractivity contribution in [3.05, 3.63) is 231 Å². The van der Waals surface area contributed by atoms with E-state index in [4.69, 9.17) is 0 Å². The van der Waals surface area contributed by atoms with Crippen LogP contribution in [0.3, 0.4) is 0 Å². The number of hydrogen-bond donors (Lipinski definition) is 0. The fraction of sp³-hybridized carbons (Fsp3) is 0. The normalized spacial score (nSPS) is 11.4. The van der Waals surface area contributed by atoms with Crippen molar-refractivity contribution in [1.29, 1.82) is 0 Å². The molecule has 2 heteroatoms. The summed E-state index contributed by atoms with van der Waals surface area (Å²) in [5.74, 6) is 0. The lowest BCUT2D eigenvalue weighted by molar-refractivity contribution is 1.17. The van der Waals surface area contributed by atoms with Crippen LogP contribution in [-0.2, 0) is 0 Å². The van der Waals surface area contributed by atoms with Gasteiger partial charge in [-0.1, -0.05) is 170 Å². The molecule has 10 aromatic carbocycles. The lowest BCUT2D eigenvalue weighted by Gasteiger charge is -2.26. The molecule has 1 heterocycles. The Kier molecular flexibility index (Phi) is 8.19. The van der Waals surface area contributed by atoms with E-state index in [2.05, 4.69) is 240 Å². The number of benzene rings is 10. The Bertz CT molecular complexity index is 3190. The Balaban J connectivity index is 1.02. The molecule has 0 radical (unpaired) electrons. The molecule has 0 bridgehead atoms. The van der Waals surface area contributed by atoms with Gasteiger partial charge in [0, 0.05) is 33.5 Å². The third kappa shape index (κ3) is 5.74. The first kappa shape index (κ1) is 33.6. The highest BCUT2D eigenvalue weighted by Crippen LogP contribution is 2.41. The van der Waals surface area contributed by atoms with Crippen LogP contribution in [0.4, 0.5) is 17.1 Å². The number of nitrogens with zero attached hydrogens (tertiary/aromatic N) is 2. The third-order valence-corrected chi connectivity index (χ3v) is 11.6. The third-order valence-electron chi connectivity index (χ3n) is 11.6. The largest absolute Gasteiger partial charge is 0.311 e. The Hall–Kier alpha value is -7.68. The van der Waals surface area contributed by atoms with Crippen LogP contribution in [0.15, 0.2) is 231 Å². The minimum atomic E-state index is 1.09. The van der Waals surface area contributed by atoms with E-state index in [1.807, 2.05) is 0 Å². The lowest BCUT2D eigenvalue weighted by Crippen LogP contribution is -2.10. The Labute approximate surface area is 338 Å². The first-order valence-electron chi connectivity index (χ1n) is 19.9. The minimum absolute atomic E-state index is 1.09. The first-order chi connectivity index (χ1) is 28.8. The summed E-state index contributed by atoms with van der Waals surface area (Å²) >= 11 is 0. The van der Waals surface area contributed by atoms with Gasteiger partial charge in [-0.25, -0.2) is 0 Å². The van der Waals surface area contributed by atoms with Gasteiger partial charge in [0.05, 0.1) is 11.0 Å². The van der Waals surface area contributed by atoms with Gasteiger partial charge in [0.15, 0.2) is 0 Å². The summed E-state index contributed by atoms with van der Waals surface area (Å²) in [5, 5.41) is 7.53. The van der Waals surface area contributed by atoms with E-state index >= 15 is 0 Å². The van der Waals surface area contributed by atoms with Crippen LogP contribution in [0.5, 0.6) is 0 Å². The van der Waals surface area contributed by atoms with Gasteiger partial charge >= 0.3 is 0 Å². The molecule has 0 saturated heterocycles. The Morgan fingerprint density at radius 1 is 0.276 bits per heavy atom. The molecule has 11 aromatic rings. The van der Waals surface area contributed by atoms with E-state index in [-0.39, 0.29) is 0 Å². The quantitative estimate of drug-likeness (QED) is 0.158. The smallest absolute Gasteiger partial charge is 0.0541 e. The van der Waals surface area contributed by atoms with Gasteiger partial charge in [0.2, 0.25) is 0 Å². The average Bonchev–Trinajstić information content (AvgIpc) is 3.64. The van der Waals surface area contributed by atoms with Gasteiger partial charge < -0.3 is 9.47 Å². The molecule has 0 unspecified atom stereocenters. The average molecular weight is 739 g/mol.